The Balaban J connectivity index is 0.00000169. The molecule has 0 aromatic heterocycles. The molecule has 1 fully saturated rings. The van der Waals surface area contributed by atoms with E-state index in [2.05, 4.69) is 22.9 Å². The van der Waals surface area contributed by atoms with Crippen molar-refractivity contribution in [2.45, 2.75) is 57.7 Å². The molecule has 0 atom stereocenters. The van der Waals surface area contributed by atoms with Crippen LogP contribution in [-0.2, 0) is 0 Å². The van der Waals surface area contributed by atoms with E-state index in [4.69, 9.17) is 0 Å². The van der Waals surface area contributed by atoms with Gasteiger partial charge in [0.05, 0.1) is 6.10 Å². The second-order valence-electron chi connectivity index (χ2n) is 5.24. The summed E-state index contributed by atoms with van der Waals surface area (Å²) < 4.78 is -0.0468. The van der Waals surface area contributed by atoms with Crippen molar-refractivity contribution in [3.05, 3.63) is 0 Å². The minimum absolute atomic E-state index is 0. The third-order valence-electron chi connectivity index (χ3n) is 3.07. The fourth-order valence-corrected chi connectivity index (χ4v) is 2.68. The number of rotatable bonds is 0. The van der Waals surface area contributed by atoms with E-state index in [9.17, 15) is 10.3 Å². The summed E-state index contributed by atoms with van der Waals surface area (Å²) >= 11 is 2.07. The molecule has 14 heavy (non-hydrogen) atoms. The highest BCUT2D eigenvalue weighted by molar-refractivity contribution is 14.1. The van der Waals surface area contributed by atoms with Crippen molar-refractivity contribution in [1.29, 1.82) is 0 Å². The Morgan fingerprint density at radius 2 is 1.43 bits per heavy atom. The van der Waals surface area contributed by atoms with Gasteiger partial charge in [0.15, 0.2) is 0 Å². The van der Waals surface area contributed by atoms with Crippen LogP contribution < -0.4 is 12.4 Å². The summed E-state index contributed by atoms with van der Waals surface area (Å²) in [6.07, 6.45) is 1.00. The second-order valence-corrected chi connectivity index (χ2v) is 6.64. The van der Waals surface area contributed by atoms with E-state index in [0.29, 0.717) is 12.8 Å². The summed E-state index contributed by atoms with van der Waals surface area (Å²) in [7, 11) is 0. The quantitative estimate of drug-likeness (QED) is 0.452. The van der Waals surface area contributed by atoms with Gasteiger partial charge in [-0.25, -0.2) is 5.21 Å². The van der Waals surface area contributed by atoms with Gasteiger partial charge in [0.1, 0.15) is 11.1 Å². The van der Waals surface area contributed by atoms with Crippen LogP contribution in [0.5, 0.6) is 0 Å². The van der Waals surface area contributed by atoms with Gasteiger partial charge in [0, 0.05) is 12.8 Å². The highest BCUT2D eigenvalue weighted by atomic mass is 127. The third-order valence-corrected chi connectivity index (χ3v) is 5.69. The molecule has 0 aliphatic carbocycles. The van der Waals surface area contributed by atoms with Gasteiger partial charge in [-0.2, -0.15) is 0 Å². The Morgan fingerprint density at radius 3 is 1.71 bits per heavy atom. The molecule has 0 unspecified atom stereocenters. The van der Waals surface area contributed by atoms with Crippen LogP contribution in [0.3, 0.4) is 0 Å². The lowest BCUT2D eigenvalue weighted by Crippen LogP contribution is -3.00. The van der Waals surface area contributed by atoms with Gasteiger partial charge < -0.3 is 17.5 Å². The van der Waals surface area contributed by atoms with Crippen LogP contribution in [0.15, 0.2) is 0 Å². The van der Waals surface area contributed by atoms with Crippen molar-refractivity contribution >= 4 is 22.9 Å². The monoisotopic (exact) mass is 335 g/mol. The molecule has 0 amide bonds. The van der Waals surface area contributed by atoms with Gasteiger partial charge in [0.25, 0.3) is 22.9 Å². The van der Waals surface area contributed by atoms with Crippen molar-refractivity contribution < 1.29 is 25.6 Å². The lowest BCUT2D eigenvalue weighted by molar-refractivity contribution is -1.04. The molecular weight excluding hydrogens is 316 g/mol. The first-order valence-electron chi connectivity index (χ1n) is 4.60. The van der Waals surface area contributed by atoms with E-state index in [-0.39, 0.29) is 32.4 Å². The standard InChI is InChI=1S/C9H19INO2.ClH/c1-8(2)5-7(12)6-9(3,4)11(8,10)13;/h7,12-13H,5-6H2,1-4H3;1H/q+1;/p-1. The molecule has 1 aliphatic heterocycles. The maximum Gasteiger partial charge on any atom is 0.288 e. The molecule has 1 heterocycles. The third kappa shape index (κ3) is 2.19. The van der Waals surface area contributed by atoms with E-state index in [1.807, 2.05) is 27.7 Å². The number of quaternary nitrogens is 1. The largest absolute Gasteiger partial charge is 1.00 e. The van der Waals surface area contributed by atoms with Crippen LogP contribution in [0.4, 0.5) is 0 Å². The molecule has 0 aromatic carbocycles. The van der Waals surface area contributed by atoms with Crippen molar-refractivity contribution in [3.8, 4) is 0 Å². The number of halogens is 2. The zero-order chi connectivity index (χ0) is 10.5. The highest BCUT2D eigenvalue weighted by Gasteiger charge is 2.58. The molecule has 0 radical (unpaired) electrons. The Hall–Kier alpha value is 0.900. The number of hydroxylamine groups is 2. The molecule has 1 aliphatic rings. The minimum atomic E-state index is -0.293. The SMILES string of the molecule is CC1(C)CC(O)CC(C)(C)[N+]1(O)I.[Cl-]. The van der Waals surface area contributed by atoms with Gasteiger partial charge in [0.2, 0.25) is 0 Å². The summed E-state index contributed by atoms with van der Waals surface area (Å²) in [5.74, 6) is 0. The lowest BCUT2D eigenvalue weighted by atomic mass is 9.80. The number of piperidine rings is 1. The number of nitrogens with zero attached hydrogens (tertiary/aromatic N) is 1. The molecular formula is C9H19ClINO2. The first-order chi connectivity index (χ1) is 5.60. The second kappa shape index (κ2) is 4.05. The van der Waals surface area contributed by atoms with Crippen LogP contribution in [0, 0.1) is 0 Å². The molecule has 3 nitrogen and oxygen atoms in total. The lowest BCUT2D eigenvalue weighted by Gasteiger charge is -2.52. The summed E-state index contributed by atoms with van der Waals surface area (Å²) in [6.45, 7) is 7.96. The van der Waals surface area contributed by atoms with Crippen LogP contribution in [0.25, 0.3) is 0 Å². The molecule has 2 N–H and O–H groups in total. The van der Waals surface area contributed by atoms with Gasteiger partial charge >= 0.3 is 0 Å². The molecule has 0 saturated carbocycles. The molecule has 1 saturated heterocycles. The highest BCUT2D eigenvalue weighted by Crippen LogP contribution is 2.47. The van der Waals surface area contributed by atoms with Crippen LogP contribution in [-0.4, -0.2) is 30.4 Å². The maximum atomic E-state index is 10.4. The fourth-order valence-electron chi connectivity index (χ4n) is 2.29. The predicted octanol–water partition coefficient (Wildman–Crippen LogP) is -0.742. The van der Waals surface area contributed by atoms with Crippen LogP contribution >= 0.6 is 22.9 Å². The average Bonchev–Trinajstić information content (AvgIpc) is 1.80. The van der Waals surface area contributed by atoms with E-state index in [1.54, 1.807) is 0 Å². The summed E-state index contributed by atoms with van der Waals surface area (Å²) in [4.78, 5) is 0. The zero-order valence-electron chi connectivity index (χ0n) is 9.09. The molecule has 86 valence electrons. The number of hydrogen-bond donors (Lipinski definition) is 2. The van der Waals surface area contributed by atoms with Crippen molar-refractivity contribution in [1.82, 2.24) is 0 Å². The fraction of sp³-hybridized carbons (Fsp3) is 1.00. The maximum absolute atomic E-state index is 10.4. The van der Waals surface area contributed by atoms with E-state index >= 15 is 0 Å². The summed E-state index contributed by atoms with van der Waals surface area (Å²) in [6, 6.07) is 0. The van der Waals surface area contributed by atoms with E-state index in [1.165, 1.54) is 0 Å². The molecule has 0 bridgehead atoms. The Kier molecular flexibility index (Phi) is 4.31. The number of aliphatic hydroxyl groups is 1. The van der Waals surface area contributed by atoms with E-state index < -0.39 is 0 Å². The van der Waals surface area contributed by atoms with Crippen LogP contribution in [0.1, 0.15) is 40.5 Å². The Labute approximate surface area is 106 Å². The van der Waals surface area contributed by atoms with Crippen molar-refractivity contribution in [2.24, 2.45) is 0 Å². The van der Waals surface area contributed by atoms with E-state index in [0.717, 1.165) is 0 Å². The van der Waals surface area contributed by atoms with Gasteiger partial charge in [-0.1, -0.05) is 0 Å². The molecule has 1 rings (SSSR count). The molecule has 5 heteroatoms. The minimum Gasteiger partial charge on any atom is -1.00 e. The van der Waals surface area contributed by atoms with Gasteiger partial charge in [-0.15, -0.1) is 2.86 Å². The zero-order valence-corrected chi connectivity index (χ0v) is 12.0. The van der Waals surface area contributed by atoms with Crippen molar-refractivity contribution in [3.63, 3.8) is 0 Å². The molecule has 0 aromatic rings. The topological polar surface area (TPSA) is 40.5 Å². The smallest absolute Gasteiger partial charge is 0.288 e. The molecule has 0 spiro atoms. The normalized spacial score (nSPS) is 40.1. The first-order valence-corrected chi connectivity index (χ1v) is 5.56. The van der Waals surface area contributed by atoms with Crippen molar-refractivity contribution in [2.75, 3.05) is 0 Å². The first kappa shape index (κ1) is 14.9. The predicted molar refractivity (Wildman–Crippen MR) is 59.5 cm³/mol. The number of hydrogen-bond acceptors (Lipinski definition) is 2. The Morgan fingerprint density at radius 1 is 1.14 bits per heavy atom. The van der Waals surface area contributed by atoms with Gasteiger partial charge in [-0.05, 0) is 27.7 Å². The van der Waals surface area contributed by atoms with Gasteiger partial charge in [-0.3, -0.25) is 0 Å². The average molecular weight is 336 g/mol. The summed E-state index contributed by atoms with van der Waals surface area (Å²) in [5, 5.41) is 20.0. The summed E-state index contributed by atoms with van der Waals surface area (Å²) in [5.41, 5.74) is -0.580. The number of aliphatic hydroxyl groups excluding tert-OH is 1. The van der Waals surface area contributed by atoms with Crippen LogP contribution in [0.2, 0.25) is 0 Å². The Bertz CT molecular complexity index is 199.